The van der Waals surface area contributed by atoms with Crippen LogP contribution in [0.1, 0.15) is 19.8 Å². The summed E-state index contributed by atoms with van der Waals surface area (Å²) in [5.41, 5.74) is 0. The molecule has 2 fully saturated rings. The molecule has 0 spiro atoms. The quantitative estimate of drug-likeness (QED) is 0.597. The van der Waals surface area contributed by atoms with Crippen molar-refractivity contribution in [3.63, 3.8) is 0 Å². The van der Waals surface area contributed by atoms with Crippen molar-refractivity contribution in [3.8, 4) is 5.75 Å². The van der Waals surface area contributed by atoms with Gasteiger partial charge >= 0.3 is 0 Å². The lowest BCUT2D eigenvalue weighted by Gasteiger charge is -2.40. The summed E-state index contributed by atoms with van der Waals surface area (Å²) in [4.78, 5) is 31.5. The Kier molecular flexibility index (Phi) is 8.53. The molecule has 0 aromatic heterocycles. The van der Waals surface area contributed by atoms with Crippen LogP contribution in [0.2, 0.25) is 0 Å². The van der Waals surface area contributed by atoms with Crippen LogP contribution in [0.25, 0.3) is 0 Å². The van der Waals surface area contributed by atoms with Gasteiger partial charge in [0, 0.05) is 69.1 Å². The number of ether oxygens (including phenoxy) is 2. The van der Waals surface area contributed by atoms with Crippen LogP contribution in [0.5, 0.6) is 5.75 Å². The molecule has 8 heteroatoms. The number of amides is 2. The fraction of sp³-hybridized carbons (Fsp3) is 0.636. The zero-order valence-corrected chi connectivity index (χ0v) is 19.5. The molecule has 2 atom stereocenters. The van der Waals surface area contributed by atoms with E-state index >= 15 is 0 Å². The third-order valence-corrected chi connectivity index (χ3v) is 6.32. The second-order valence-electron chi connectivity index (χ2n) is 8.03. The molecule has 3 rings (SSSR count). The van der Waals surface area contributed by atoms with Crippen LogP contribution < -0.4 is 4.74 Å². The Morgan fingerprint density at radius 2 is 1.87 bits per heavy atom. The van der Waals surface area contributed by atoms with E-state index in [1.165, 1.54) is 0 Å². The lowest BCUT2D eigenvalue weighted by molar-refractivity contribution is -0.142. The topological polar surface area (TPSA) is 62.3 Å². The highest BCUT2D eigenvalue weighted by Crippen LogP contribution is 2.28. The van der Waals surface area contributed by atoms with Crippen molar-refractivity contribution < 1.29 is 19.1 Å². The molecule has 2 saturated heterocycles. The van der Waals surface area contributed by atoms with Gasteiger partial charge in [-0.3, -0.25) is 9.59 Å². The Labute approximate surface area is 187 Å². The number of rotatable bonds is 7. The number of hydrogen-bond donors (Lipinski definition) is 0. The number of benzene rings is 1. The van der Waals surface area contributed by atoms with Gasteiger partial charge in [-0.1, -0.05) is 22.0 Å². The van der Waals surface area contributed by atoms with Gasteiger partial charge < -0.3 is 24.2 Å². The maximum atomic E-state index is 13.0. The van der Waals surface area contributed by atoms with Crippen molar-refractivity contribution in [2.24, 2.45) is 5.92 Å². The summed E-state index contributed by atoms with van der Waals surface area (Å²) in [5.74, 6) is 0.862. The summed E-state index contributed by atoms with van der Waals surface area (Å²) in [7, 11) is 2.08. The van der Waals surface area contributed by atoms with Gasteiger partial charge in [-0.2, -0.15) is 0 Å². The lowest BCUT2D eigenvalue weighted by atomic mass is 9.90. The number of likely N-dealkylation sites (N-methyl/N-ethyl adjacent to an activating group) is 1. The normalized spacial score (nSPS) is 22.8. The molecule has 0 radical (unpaired) electrons. The maximum Gasteiger partial charge on any atom is 0.248 e. The van der Waals surface area contributed by atoms with Crippen molar-refractivity contribution in [2.75, 3.05) is 59.5 Å². The molecule has 0 bridgehead atoms. The van der Waals surface area contributed by atoms with Gasteiger partial charge in [0.05, 0.1) is 0 Å². The fourth-order valence-electron chi connectivity index (χ4n) is 3.99. The molecule has 2 amide bonds. The molecule has 0 N–H and O–H groups in total. The highest BCUT2D eigenvalue weighted by atomic mass is 79.9. The molecular weight excluding hydrogens is 450 g/mol. The van der Waals surface area contributed by atoms with E-state index in [4.69, 9.17) is 9.47 Å². The van der Waals surface area contributed by atoms with E-state index in [1.807, 2.05) is 41.0 Å². The number of nitrogens with zero attached hydrogens (tertiary/aromatic N) is 3. The molecule has 0 unspecified atom stereocenters. The van der Waals surface area contributed by atoms with E-state index < -0.39 is 0 Å². The van der Waals surface area contributed by atoms with Gasteiger partial charge in [-0.15, -0.1) is 0 Å². The highest BCUT2D eigenvalue weighted by molar-refractivity contribution is 9.10. The summed E-state index contributed by atoms with van der Waals surface area (Å²) in [6.07, 6.45) is 0.984. The minimum absolute atomic E-state index is 0.0187. The van der Waals surface area contributed by atoms with Crippen LogP contribution in [0.4, 0.5) is 0 Å². The molecular formula is C22H32BrN3O4. The molecule has 7 nitrogen and oxygen atoms in total. The zero-order valence-electron chi connectivity index (χ0n) is 17.9. The minimum Gasteiger partial charge on any atom is -0.490 e. The second-order valence-corrected chi connectivity index (χ2v) is 8.94. The van der Waals surface area contributed by atoms with Gasteiger partial charge in [-0.25, -0.2) is 0 Å². The largest absolute Gasteiger partial charge is 0.490 e. The van der Waals surface area contributed by atoms with Crippen LogP contribution in [0.3, 0.4) is 0 Å². The summed E-state index contributed by atoms with van der Waals surface area (Å²) < 4.78 is 12.5. The molecule has 0 aliphatic carbocycles. The maximum absolute atomic E-state index is 13.0. The van der Waals surface area contributed by atoms with E-state index in [1.54, 1.807) is 0 Å². The Balaban J connectivity index is 1.67. The number of piperidine rings is 1. The van der Waals surface area contributed by atoms with Crippen LogP contribution in [0, 0.1) is 5.92 Å². The first kappa shape index (κ1) is 23.0. The smallest absolute Gasteiger partial charge is 0.248 e. The van der Waals surface area contributed by atoms with Crippen LogP contribution in [-0.2, 0) is 14.3 Å². The first-order valence-electron chi connectivity index (χ1n) is 10.7. The SMILES string of the molecule is CCOCC(=O)N1CC[C@H](Oc2cccc(Br)c2)[C@@H](CC(=O)N2CCN(C)CC2)C1. The van der Waals surface area contributed by atoms with Crippen molar-refractivity contribution in [1.29, 1.82) is 0 Å². The zero-order chi connectivity index (χ0) is 21.5. The van der Waals surface area contributed by atoms with E-state index in [2.05, 4.69) is 27.9 Å². The summed E-state index contributed by atoms with van der Waals surface area (Å²) >= 11 is 3.48. The van der Waals surface area contributed by atoms with E-state index in [0.717, 1.165) is 36.4 Å². The van der Waals surface area contributed by atoms with E-state index in [9.17, 15) is 9.59 Å². The molecule has 1 aromatic carbocycles. The lowest BCUT2D eigenvalue weighted by Crippen LogP contribution is -2.52. The number of piperazine rings is 1. The first-order chi connectivity index (χ1) is 14.5. The average Bonchev–Trinajstić information content (AvgIpc) is 2.73. The minimum atomic E-state index is -0.105. The van der Waals surface area contributed by atoms with Gasteiger partial charge in [0.25, 0.3) is 0 Å². The van der Waals surface area contributed by atoms with Crippen molar-refractivity contribution in [3.05, 3.63) is 28.7 Å². The van der Waals surface area contributed by atoms with Crippen molar-refractivity contribution in [2.45, 2.75) is 25.9 Å². The number of hydrogen-bond acceptors (Lipinski definition) is 5. The monoisotopic (exact) mass is 481 g/mol. The molecule has 2 aliphatic rings. The van der Waals surface area contributed by atoms with Crippen LogP contribution in [0.15, 0.2) is 28.7 Å². The van der Waals surface area contributed by atoms with Gasteiger partial charge in [0.1, 0.15) is 18.5 Å². The molecule has 2 aliphatic heterocycles. The Morgan fingerprint density at radius 3 is 2.57 bits per heavy atom. The molecule has 166 valence electrons. The number of carbonyl (C=O) groups excluding carboxylic acids is 2. The standard InChI is InChI=1S/C22H32BrN3O4/c1-3-29-16-22(28)26-8-7-20(30-19-6-4-5-18(23)14-19)17(15-26)13-21(27)25-11-9-24(2)10-12-25/h4-6,14,17,20H,3,7-13,15-16H2,1-2H3/t17-,20-/m0/s1. The van der Waals surface area contributed by atoms with Gasteiger partial charge in [0.2, 0.25) is 11.8 Å². The predicted octanol–water partition coefficient (Wildman–Crippen LogP) is 2.25. The molecule has 2 heterocycles. The third kappa shape index (κ3) is 6.43. The predicted molar refractivity (Wildman–Crippen MR) is 118 cm³/mol. The van der Waals surface area contributed by atoms with Crippen LogP contribution >= 0.6 is 15.9 Å². The Morgan fingerprint density at radius 1 is 1.10 bits per heavy atom. The summed E-state index contributed by atoms with van der Waals surface area (Å²) in [5, 5.41) is 0. The Hall–Kier alpha value is -1.64. The fourth-order valence-corrected chi connectivity index (χ4v) is 4.37. The summed E-state index contributed by atoms with van der Waals surface area (Å²) in [6, 6.07) is 7.75. The van der Waals surface area contributed by atoms with Crippen LogP contribution in [-0.4, -0.2) is 92.1 Å². The first-order valence-corrected chi connectivity index (χ1v) is 11.5. The number of likely N-dealkylation sites (tertiary alicyclic amines) is 1. The van der Waals surface area contributed by atoms with E-state index in [-0.39, 0.29) is 30.4 Å². The molecule has 0 saturated carbocycles. The Bertz CT molecular complexity index is 724. The van der Waals surface area contributed by atoms with Crippen molar-refractivity contribution in [1.82, 2.24) is 14.7 Å². The highest BCUT2D eigenvalue weighted by Gasteiger charge is 2.35. The average molecular weight is 482 g/mol. The third-order valence-electron chi connectivity index (χ3n) is 5.82. The van der Waals surface area contributed by atoms with Crippen molar-refractivity contribution >= 4 is 27.7 Å². The molecule has 1 aromatic rings. The van der Waals surface area contributed by atoms with Gasteiger partial charge in [0.15, 0.2) is 0 Å². The summed E-state index contributed by atoms with van der Waals surface area (Å²) in [6.45, 7) is 6.92. The molecule has 30 heavy (non-hydrogen) atoms. The van der Waals surface area contributed by atoms with Gasteiger partial charge in [-0.05, 0) is 32.2 Å². The second kappa shape index (κ2) is 11.1. The number of carbonyl (C=O) groups is 2. The van der Waals surface area contributed by atoms with E-state index in [0.29, 0.717) is 32.5 Å². The number of halogens is 1.